The highest BCUT2D eigenvalue weighted by molar-refractivity contribution is 7.08. The van der Waals surface area contributed by atoms with Gasteiger partial charge in [-0.3, -0.25) is 0 Å². The highest BCUT2D eigenvalue weighted by atomic mass is 32.1. The molecule has 0 aliphatic rings. The van der Waals surface area contributed by atoms with Gasteiger partial charge >= 0.3 is 0 Å². The summed E-state index contributed by atoms with van der Waals surface area (Å²) in [5, 5.41) is 4.02. The number of ether oxygens (including phenoxy) is 2. The number of thiophene rings is 1. The summed E-state index contributed by atoms with van der Waals surface area (Å²) in [5.74, 6) is 8.67. The van der Waals surface area contributed by atoms with Crippen molar-refractivity contribution in [1.82, 2.24) is 9.97 Å². The van der Waals surface area contributed by atoms with Crippen molar-refractivity contribution in [3.63, 3.8) is 0 Å². The molecule has 0 N–H and O–H groups in total. The normalized spacial score (nSPS) is 10.2. The molecule has 0 spiro atoms. The van der Waals surface area contributed by atoms with E-state index in [1.807, 2.05) is 29.0 Å². The van der Waals surface area contributed by atoms with Crippen LogP contribution in [0.15, 0.2) is 47.7 Å². The van der Waals surface area contributed by atoms with E-state index in [1.54, 1.807) is 30.8 Å². The third kappa shape index (κ3) is 4.17. The van der Waals surface area contributed by atoms with Crippen LogP contribution in [0.1, 0.15) is 36.5 Å². The Hall–Kier alpha value is -2.84. The number of methoxy groups -OCH3 is 1. The summed E-state index contributed by atoms with van der Waals surface area (Å²) in [5.41, 5.74) is 2.81. The lowest BCUT2D eigenvalue weighted by atomic mass is 9.99. The molecule has 25 heavy (non-hydrogen) atoms. The van der Waals surface area contributed by atoms with Crippen LogP contribution < -0.4 is 9.47 Å². The molecule has 1 aromatic carbocycles. The number of benzene rings is 1. The molecule has 0 saturated carbocycles. The van der Waals surface area contributed by atoms with Gasteiger partial charge in [-0.15, -0.1) is 0 Å². The highest BCUT2D eigenvalue weighted by Gasteiger charge is 2.14. The van der Waals surface area contributed by atoms with Crippen molar-refractivity contribution in [1.29, 1.82) is 0 Å². The second-order valence-corrected chi connectivity index (χ2v) is 6.46. The SMILES string of the molecule is COc1cc(C(C)C)c(Oc2cncnc2)cc1C#Cc1ccsc1. The molecule has 2 aromatic heterocycles. The fourth-order valence-electron chi connectivity index (χ4n) is 2.32. The summed E-state index contributed by atoms with van der Waals surface area (Å²) in [6, 6.07) is 5.90. The lowest BCUT2D eigenvalue weighted by Gasteiger charge is -2.16. The molecule has 5 heteroatoms. The summed E-state index contributed by atoms with van der Waals surface area (Å²) < 4.78 is 11.5. The van der Waals surface area contributed by atoms with Crippen LogP contribution in [0, 0.1) is 11.8 Å². The molecule has 0 fully saturated rings. The predicted octanol–water partition coefficient (Wildman–Crippen LogP) is 4.86. The molecule has 0 aliphatic heterocycles. The van der Waals surface area contributed by atoms with E-state index in [-0.39, 0.29) is 5.92 Å². The molecular weight excluding hydrogens is 332 g/mol. The van der Waals surface area contributed by atoms with E-state index >= 15 is 0 Å². The van der Waals surface area contributed by atoms with Gasteiger partial charge in [-0.2, -0.15) is 11.3 Å². The standard InChI is InChI=1S/C20H18N2O2S/c1-14(2)18-9-19(23-3)16(5-4-15-6-7-25-12-15)8-20(18)24-17-10-21-13-22-11-17/h6-14H,1-3H3. The Morgan fingerprint density at radius 3 is 2.52 bits per heavy atom. The van der Waals surface area contributed by atoms with E-state index in [1.165, 1.54) is 6.33 Å². The molecule has 0 aliphatic carbocycles. The van der Waals surface area contributed by atoms with Crippen LogP contribution in [0.4, 0.5) is 0 Å². The fraction of sp³-hybridized carbons (Fsp3) is 0.200. The van der Waals surface area contributed by atoms with Crippen molar-refractivity contribution in [2.24, 2.45) is 0 Å². The highest BCUT2D eigenvalue weighted by Crippen LogP contribution is 2.35. The van der Waals surface area contributed by atoms with Crippen LogP contribution in [-0.2, 0) is 0 Å². The third-order valence-corrected chi connectivity index (χ3v) is 4.26. The first-order valence-electron chi connectivity index (χ1n) is 7.86. The summed E-state index contributed by atoms with van der Waals surface area (Å²) in [6.45, 7) is 4.22. The van der Waals surface area contributed by atoms with E-state index in [0.717, 1.165) is 28.2 Å². The molecule has 3 aromatic rings. The number of rotatable bonds is 4. The molecule has 0 radical (unpaired) electrons. The van der Waals surface area contributed by atoms with Crippen molar-refractivity contribution < 1.29 is 9.47 Å². The molecule has 0 atom stereocenters. The lowest BCUT2D eigenvalue weighted by molar-refractivity contribution is 0.409. The quantitative estimate of drug-likeness (QED) is 0.630. The molecule has 0 bridgehead atoms. The van der Waals surface area contributed by atoms with Gasteiger partial charge in [0.1, 0.15) is 17.8 Å². The predicted molar refractivity (Wildman–Crippen MR) is 99.5 cm³/mol. The van der Waals surface area contributed by atoms with E-state index < -0.39 is 0 Å². The van der Waals surface area contributed by atoms with Gasteiger partial charge < -0.3 is 9.47 Å². The molecule has 3 rings (SSSR count). The zero-order chi connectivity index (χ0) is 17.6. The van der Waals surface area contributed by atoms with Crippen LogP contribution in [0.25, 0.3) is 0 Å². The van der Waals surface area contributed by atoms with Crippen molar-refractivity contribution in [2.45, 2.75) is 19.8 Å². The first-order chi connectivity index (χ1) is 12.2. The van der Waals surface area contributed by atoms with E-state index in [0.29, 0.717) is 5.75 Å². The maximum absolute atomic E-state index is 6.00. The van der Waals surface area contributed by atoms with Gasteiger partial charge in [0.2, 0.25) is 0 Å². The second kappa shape index (κ2) is 7.82. The number of hydrogen-bond acceptors (Lipinski definition) is 5. The summed E-state index contributed by atoms with van der Waals surface area (Å²) >= 11 is 1.62. The number of hydrogen-bond donors (Lipinski definition) is 0. The Labute approximate surface area is 151 Å². The van der Waals surface area contributed by atoms with Crippen LogP contribution in [0.2, 0.25) is 0 Å². The van der Waals surface area contributed by atoms with Gasteiger partial charge in [0.15, 0.2) is 5.75 Å². The number of aromatic nitrogens is 2. The fourth-order valence-corrected chi connectivity index (χ4v) is 2.91. The van der Waals surface area contributed by atoms with Gasteiger partial charge in [-0.05, 0) is 23.4 Å². The third-order valence-electron chi connectivity index (χ3n) is 3.58. The summed E-state index contributed by atoms with van der Waals surface area (Å²) in [7, 11) is 1.65. The zero-order valence-electron chi connectivity index (χ0n) is 14.3. The van der Waals surface area contributed by atoms with Crippen molar-refractivity contribution >= 4 is 11.3 Å². The lowest BCUT2D eigenvalue weighted by Crippen LogP contribution is -1.98. The molecule has 126 valence electrons. The molecule has 0 amide bonds. The Morgan fingerprint density at radius 2 is 1.88 bits per heavy atom. The van der Waals surface area contributed by atoms with Gasteiger partial charge in [0.25, 0.3) is 0 Å². The maximum Gasteiger partial charge on any atom is 0.164 e. The zero-order valence-corrected chi connectivity index (χ0v) is 15.1. The van der Waals surface area contributed by atoms with Crippen LogP contribution in [-0.4, -0.2) is 17.1 Å². The van der Waals surface area contributed by atoms with Gasteiger partial charge in [-0.25, -0.2) is 9.97 Å². The van der Waals surface area contributed by atoms with Gasteiger partial charge in [-0.1, -0.05) is 25.7 Å². The van der Waals surface area contributed by atoms with E-state index in [9.17, 15) is 0 Å². The smallest absolute Gasteiger partial charge is 0.164 e. The van der Waals surface area contributed by atoms with Crippen LogP contribution in [0.3, 0.4) is 0 Å². The van der Waals surface area contributed by atoms with Gasteiger partial charge in [0, 0.05) is 22.6 Å². The number of nitrogens with zero attached hydrogens (tertiary/aromatic N) is 2. The topological polar surface area (TPSA) is 44.2 Å². The van der Waals surface area contributed by atoms with Crippen molar-refractivity contribution in [2.75, 3.05) is 7.11 Å². The minimum atomic E-state index is 0.271. The van der Waals surface area contributed by atoms with Crippen LogP contribution in [0.5, 0.6) is 17.2 Å². The van der Waals surface area contributed by atoms with Crippen LogP contribution >= 0.6 is 11.3 Å². The molecule has 0 unspecified atom stereocenters. The average molecular weight is 350 g/mol. The van der Waals surface area contributed by atoms with Crippen molar-refractivity contribution in [3.8, 4) is 29.1 Å². The first-order valence-corrected chi connectivity index (χ1v) is 8.80. The average Bonchev–Trinajstić information content (AvgIpc) is 3.14. The molecule has 4 nitrogen and oxygen atoms in total. The monoisotopic (exact) mass is 350 g/mol. The first kappa shape index (κ1) is 17.0. The minimum Gasteiger partial charge on any atom is -0.495 e. The Morgan fingerprint density at radius 1 is 1.08 bits per heavy atom. The van der Waals surface area contributed by atoms with E-state index in [4.69, 9.17) is 9.47 Å². The van der Waals surface area contributed by atoms with E-state index in [2.05, 4.69) is 35.7 Å². The van der Waals surface area contributed by atoms with Gasteiger partial charge in [0.05, 0.1) is 25.1 Å². The summed E-state index contributed by atoms with van der Waals surface area (Å²) in [4.78, 5) is 7.99. The van der Waals surface area contributed by atoms with Crippen molar-refractivity contribution in [3.05, 3.63) is 64.4 Å². The Bertz CT molecular complexity index is 895. The Kier molecular flexibility index (Phi) is 5.32. The Balaban J connectivity index is 2.04. The molecule has 0 saturated heterocycles. The maximum atomic E-state index is 6.00. The largest absolute Gasteiger partial charge is 0.495 e. The molecule has 2 heterocycles. The molecular formula is C20H18N2O2S. The minimum absolute atomic E-state index is 0.271. The summed E-state index contributed by atoms with van der Waals surface area (Å²) in [6.07, 6.45) is 4.75. The second-order valence-electron chi connectivity index (χ2n) is 5.68.